The average Bonchev–Trinajstić information content (AvgIpc) is 2.04. The van der Waals surface area contributed by atoms with Gasteiger partial charge in [0, 0.05) is 6.42 Å². The Morgan fingerprint density at radius 1 is 1.38 bits per heavy atom. The van der Waals surface area contributed by atoms with Crippen molar-refractivity contribution in [3.8, 4) is 0 Å². The molecule has 0 aromatic heterocycles. The van der Waals surface area contributed by atoms with E-state index < -0.39 is 17.7 Å². The second-order valence-corrected chi connectivity index (χ2v) is 3.08. The van der Waals surface area contributed by atoms with E-state index >= 15 is 0 Å². The third-order valence-corrected chi connectivity index (χ3v) is 1.83. The van der Waals surface area contributed by atoms with Crippen LogP contribution >= 0.6 is 0 Å². The van der Waals surface area contributed by atoms with E-state index in [1.807, 2.05) is 18.2 Å². The molecule has 0 radical (unpaired) electrons. The van der Waals surface area contributed by atoms with Crippen LogP contribution in [0.5, 0.6) is 0 Å². The molecule has 0 fully saturated rings. The Hall–Kier alpha value is -0.750. The van der Waals surface area contributed by atoms with E-state index in [2.05, 4.69) is 4.18 Å². The van der Waals surface area contributed by atoms with Gasteiger partial charge in [-0.15, -0.1) is 0 Å². The molecule has 1 rings (SSSR count). The van der Waals surface area contributed by atoms with Crippen LogP contribution in [0.2, 0.25) is 0 Å². The zero-order chi connectivity index (χ0) is 9.68. The van der Waals surface area contributed by atoms with Gasteiger partial charge in [-0.05, 0) is 5.56 Å². The van der Waals surface area contributed by atoms with Crippen molar-refractivity contribution >= 4 is 11.4 Å². The molecule has 0 aliphatic carbocycles. The normalized spacial score (nSPS) is 15.2. The smallest absolute Gasteiger partial charge is 0.304 e. The minimum atomic E-state index is -2.42. The molecule has 72 valence electrons. The Balaban J connectivity index is 2.45. The molecule has 0 aliphatic heterocycles. The van der Waals surface area contributed by atoms with Crippen molar-refractivity contribution in [1.29, 1.82) is 0 Å². The quantitative estimate of drug-likeness (QED) is 0.557. The SMILES string of the molecule is O=S(O)OC(O)Cc1ccccc1. The predicted octanol–water partition coefficient (Wildman–Crippen LogP) is 0.701. The summed E-state index contributed by atoms with van der Waals surface area (Å²) in [6.45, 7) is 0. The number of hydrogen-bond acceptors (Lipinski definition) is 3. The Morgan fingerprint density at radius 3 is 2.54 bits per heavy atom. The van der Waals surface area contributed by atoms with E-state index in [0.29, 0.717) is 0 Å². The van der Waals surface area contributed by atoms with Gasteiger partial charge < -0.3 is 5.11 Å². The second-order valence-electron chi connectivity index (χ2n) is 2.46. The third kappa shape index (κ3) is 4.14. The minimum absolute atomic E-state index is 0.202. The van der Waals surface area contributed by atoms with Crippen LogP contribution in [0.15, 0.2) is 30.3 Å². The molecule has 0 bridgehead atoms. The van der Waals surface area contributed by atoms with Crippen molar-refractivity contribution in [3.05, 3.63) is 35.9 Å². The van der Waals surface area contributed by atoms with Crippen LogP contribution in [0, 0.1) is 0 Å². The summed E-state index contributed by atoms with van der Waals surface area (Å²) in [6, 6.07) is 9.08. The van der Waals surface area contributed by atoms with E-state index in [4.69, 9.17) is 9.66 Å². The van der Waals surface area contributed by atoms with Crippen LogP contribution in [-0.2, 0) is 22.0 Å². The molecule has 0 heterocycles. The largest absolute Gasteiger partial charge is 0.367 e. The molecular formula is C8H10O4S. The van der Waals surface area contributed by atoms with Crippen molar-refractivity contribution in [2.45, 2.75) is 12.7 Å². The summed E-state index contributed by atoms with van der Waals surface area (Å²) in [5.74, 6) is 0. The van der Waals surface area contributed by atoms with Crippen LogP contribution in [0.3, 0.4) is 0 Å². The maximum atomic E-state index is 10.1. The van der Waals surface area contributed by atoms with Crippen LogP contribution < -0.4 is 0 Å². The van der Waals surface area contributed by atoms with Crippen molar-refractivity contribution < 1.29 is 18.1 Å². The standard InChI is InChI=1S/C8H10O4S/c9-8(12-13(10)11)6-7-4-2-1-3-5-7/h1-5,8-9H,6H2,(H,10,11). The van der Waals surface area contributed by atoms with E-state index in [0.717, 1.165) is 5.56 Å². The first-order valence-corrected chi connectivity index (χ1v) is 4.71. The molecule has 2 atom stereocenters. The minimum Gasteiger partial charge on any atom is -0.367 e. The van der Waals surface area contributed by atoms with Crippen LogP contribution in [0.4, 0.5) is 0 Å². The number of rotatable bonds is 4. The Bertz CT molecular complexity index is 275. The Kier molecular flexibility index (Phi) is 4.04. The molecule has 4 nitrogen and oxygen atoms in total. The van der Waals surface area contributed by atoms with Gasteiger partial charge in [-0.1, -0.05) is 30.3 Å². The monoisotopic (exact) mass is 202 g/mol. The highest BCUT2D eigenvalue weighted by molar-refractivity contribution is 7.74. The number of hydrogen-bond donors (Lipinski definition) is 2. The highest BCUT2D eigenvalue weighted by atomic mass is 32.2. The first-order chi connectivity index (χ1) is 6.18. The van der Waals surface area contributed by atoms with Crippen LogP contribution in [0.1, 0.15) is 5.56 Å². The maximum Gasteiger partial charge on any atom is 0.304 e. The van der Waals surface area contributed by atoms with Crippen molar-refractivity contribution in [2.75, 3.05) is 0 Å². The van der Waals surface area contributed by atoms with E-state index in [1.54, 1.807) is 12.1 Å². The lowest BCUT2D eigenvalue weighted by atomic mass is 10.1. The lowest BCUT2D eigenvalue weighted by Crippen LogP contribution is -2.16. The molecule has 1 aromatic rings. The zero-order valence-corrected chi connectivity index (χ0v) is 7.61. The van der Waals surface area contributed by atoms with Gasteiger partial charge in [-0.3, -0.25) is 4.55 Å². The van der Waals surface area contributed by atoms with Gasteiger partial charge in [0.05, 0.1) is 0 Å². The fraction of sp³-hybridized carbons (Fsp3) is 0.250. The first-order valence-electron chi connectivity index (χ1n) is 3.68. The molecule has 13 heavy (non-hydrogen) atoms. The summed E-state index contributed by atoms with van der Waals surface area (Å²) in [6.07, 6.45) is -1.04. The van der Waals surface area contributed by atoms with Crippen LogP contribution in [-0.4, -0.2) is 20.2 Å². The van der Waals surface area contributed by atoms with Gasteiger partial charge >= 0.3 is 11.4 Å². The molecular weight excluding hydrogens is 192 g/mol. The zero-order valence-electron chi connectivity index (χ0n) is 6.79. The molecule has 0 saturated carbocycles. The topological polar surface area (TPSA) is 66.8 Å². The number of aliphatic hydroxyl groups excluding tert-OH is 1. The molecule has 0 aliphatic rings. The van der Waals surface area contributed by atoms with E-state index in [-0.39, 0.29) is 6.42 Å². The van der Waals surface area contributed by atoms with E-state index in [1.165, 1.54) is 0 Å². The number of aliphatic hydroxyl groups is 1. The fourth-order valence-corrected chi connectivity index (χ4v) is 1.20. The van der Waals surface area contributed by atoms with Gasteiger partial charge in [-0.25, -0.2) is 4.18 Å². The molecule has 1 aromatic carbocycles. The highest BCUT2D eigenvalue weighted by Crippen LogP contribution is 2.04. The predicted molar refractivity (Wildman–Crippen MR) is 48.0 cm³/mol. The van der Waals surface area contributed by atoms with Gasteiger partial charge in [0.15, 0.2) is 6.29 Å². The second kappa shape index (κ2) is 5.08. The third-order valence-electron chi connectivity index (χ3n) is 1.45. The molecule has 5 heteroatoms. The summed E-state index contributed by atoms with van der Waals surface area (Å²) in [5, 5.41) is 9.10. The first kappa shape index (κ1) is 10.3. The van der Waals surface area contributed by atoms with Gasteiger partial charge in [0.25, 0.3) is 0 Å². The lowest BCUT2D eigenvalue weighted by Gasteiger charge is -2.07. The van der Waals surface area contributed by atoms with E-state index in [9.17, 15) is 4.21 Å². The van der Waals surface area contributed by atoms with Crippen molar-refractivity contribution in [3.63, 3.8) is 0 Å². The summed E-state index contributed by atoms with van der Waals surface area (Å²) in [7, 11) is 0. The molecule has 0 saturated heterocycles. The summed E-state index contributed by atoms with van der Waals surface area (Å²) >= 11 is -2.42. The molecule has 0 spiro atoms. The molecule has 0 amide bonds. The summed E-state index contributed by atoms with van der Waals surface area (Å²) in [4.78, 5) is 0. The van der Waals surface area contributed by atoms with Crippen LogP contribution in [0.25, 0.3) is 0 Å². The lowest BCUT2D eigenvalue weighted by molar-refractivity contribution is -0.0115. The van der Waals surface area contributed by atoms with Crippen molar-refractivity contribution in [2.24, 2.45) is 0 Å². The average molecular weight is 202 g/mol. The maximum absolute atomic E-state index is 10.1. The van der Waals surface area contributed by atoms with Gasteiger partial charge in [0.1, 0.15) is 0 Å². The Morgan fingerprint density at radius 2 is 2.00 bits per heavy atom. The van der Waals surface area contributed by atoms with Crippen molar-refractivity contribution in [1.82, 2.24) is 0 Å². The molecule has 2 N–H and O–H groups in total. The summed E-state index contributed by atoms with van der Waals surface area (Å²) in [5.41, 5.74) is 0.848. The van der Waals surface area contributed by atoms with Gasteiger partial charge in [0.2, 0.25) is 0 Å². The Labute approximate surface area is 78.7 Å². The fourth-order valence-electron chi connectivity index (χ4n) is 0.945. The summed E-state index contributed by atoms with van der Waals surface area (Å²) < 4.78 is 22.7. The number of benzene rings is 1. The van der Waals surface area contributed by atoms with Gasteiger partial charge in [-0.2, -0.15) is 4.21 Å². The molecule has 2 unspecified atom stereocenters. The highest BCUT2D eigenvalue weighted by Gasteiger charge is 2.08.